The van der Waals surface area contributed by atoms with Crippen molar-refractivity contribution in [3.8, 4) is 0 Å². The van der Waals surface area contributed by atoms with Crippen LogP contribution in [0.5, 0.6) is 0 Å². The van der Waals surface area contributed by atoms with E-state index in [1.807, 2.05) is 49.4 Å². The van der Waals surface area contributed by atoms with Gasteiger partial charge in [-0.25, -0.2) is 0 Å². The van der Waals surface area contributed by atoms with E-state index in [1.54, 1.807) is 6.92 Å². The summed E-state index contributed by atoms with van der Waals surface area (Å²) >= 11 is 0. The predicted octanol–water partition coefficient (Wildman–Crippen LogP) is 3.33. The molecule has 0 radical (unpaired) electrons. The van der Waals surface area contributed by atoms with Gasteiger partial charge in [0.05, 0.1) is 0 Å². The van der Waals surface area contributed by atoms with Crippen LogP contribution in [0, 0.1) is 0 Å². The molecule has 0 N–H and O–H groups in total. The van der Waals surface area contributed by atoms with Crippen LogP contribution in [0.15, 0.2) is 42.5 Å². The Kier molecular flexibility index (Phi) is 4.11. The van der Waals surface area contributed by atoms with E-state index in [9.17, 15) is 4.79 Å². The van der Waals surface area contributed by atoms with Crippen LogP contribution in [-0.2, 0) is 4.79 Å². The normalized spacial score (nSPS) is 13.0. The Morgan fingerprint density at radius 3 is 2.50 bits per heavy atom. The first-order chi connectivity index (χ1) is 6.75. The molecule has 1 atom stereocenters. The molecule has 0 aliphatic carbocycles. The largest absolute Gasteiger partial charge is 0.299 e. The molecule has 0 amide bonds. The van der Waals surface area contributed by atoms with Gasteiger partial charge in [0.1, 0.15) is 5.78 Å². The molecule has 0 aliphatic rings. The number of hydrogen-bond donors (Lipinski definition) is 0. The van der Waals surface area contributed by atoms with Crippen LogP contribution < -0.4 is 0 Å². The van der Waals surface area contributed by atoms with Crippen molar-refractivity contribution in [2.24, 2.45) is 0 Å². The number of allylic oxidation sites excluding steroid dienone is 2. The lowest BCUT2D eigenvalue weighted by Gasteiger charge is -2.11. The molecule has 0 fully saturated rings. The molecule has 1 aromatic rings. The minimum atomic E-state index is 0.0207. The fraction of sp³-hybridized carbons (Fsp3) is 0.308. The van der Waals surface area contributed by atoms with Gasteiger partial charge in [-0.1, -0.05) is 42.5 Å². The van der Waals surface area contributed by atoms with Crippen molar-refractivity contribution in [2.45, 2.75) is 26.2 Å². The molecule has 0 aliphatic heterocycles. The highest BCUT2D eigenvalue weighted by molar-refractivity contribution is 5.83. The number of ketones is 1. The fourth-order valence-electron chi connectivity index (χ4n) is 1.49. The number of carbonyl (C=O) groups excluding carboxylic acids is 1. The van der Waals surface area contributed by atoms with Crippen LogP contribution in [-0.4, -0.2) is 5.78 Å². The molecule has 14 heavy (non-hydrogen) atoms. The molecule has 0 heterocycles. The molecule has 0 spiro atoms. The monoisotopic (exact) mass is 188 g/mol. The van der Waals surface area contributed by atoms with E-state index in [2.05, 4.69) is 0 Å². The second-order valence-corrected chi connectivity index (χ2v) is 3.38. The Morgan fingerprint density at radius 1 is 1.36 bits per heavy atom. The third-order valence-corrected chi connectivity index (χ3v) is 2.30. The summed E-state index contributed by atoms with van der Waals surface area (Å²) in [5, 5.41) is 0. The molecule has 0 saturated carbocycles. The van der Waals surface area contributed by atoms with Crippen LogP contribution in [0.25, 0.3) is 0 Å². The summed E-state index contributed by atoms with van der Waals surface area (Å²) in [5.74, 6) is 0.252. The topological polar surface area (TPSA) is 17.1 Å². The first kappa shape index (κ1) is 10.7. The van der Waals surface area contributed by atoms with Crippen molar-refractivity contribution < 1.29 is 4.79 Å². The predicted molar refractivity (Wildman–Crippen MR) is 59.3 cm³/mol. The van der Waals surface area contributed by atoms with Crippen molar-refractivity contribution in [3.63, 3.8) is 0 Å². The zero-order valence-corrected chi connectivity index (χ0v) is 8.73. The second-order valence-electron chi connectivity index (χ2n) is 3.38. The van der Waals surface area contributed by atoms with Crippen molar-refractivity contribution in [1.29, 1.82) is 0 Å². The van der Waals surface area contributed by atoms with Crippen LogP contribution in [0.4, 0.5) is 0 Å². The highest BCUT2D eigenvalue weighted by atomic mass is 16.1. The molecular formula is C13H16O. The second kappa shape index (κ2) is 5.38. The van der Waals surface area contributed by atoms with Gasteiger partial charge in [0.25, 0.3) is 0 Å². The average Bonchev–Trinajstić information content (AvgIpc) is 2.19. The molecule has 0 aromatic heterocycles. The van der Waals surface area contributed by atoms with Gasteiger partial charge in [-0.05, 0) is 25.8 Å². The molecule has 1 heteroatoms. The number of Topliss-reactive ketones (excluding diaryl/α,β-unsaturated/α-hetero) is 1. The number of rotatable bonds is 4. The summed E-state index contributed by atoms with van der Waals surface area (Å²) in [7, 11) is 0. The Labute approximate surface area is 85.5 Å². The quantitative estimate of drug-likeness (QED) is 0.662. The van der Waals surface area contributed by atoms with Gasteiger partial charge in [0, 0.05) is 5.92 Å². The minimum Gasteiger partial charge on any atom is -0.299 e. The molecule has 1 nitrogen and oxygen atoms in total. The van der Waals surface area contributed by atoms with E-state index in [1.165, 1.54) is 0 Å². The number of carbonyl (C=O) groups is 1. The highest BCUT2D eigenvalue weighted by Gasteiger charge is 2.13. The Hall–Kier alpha value is -1.37. The van der Waals surface area contributed by atoms with E-state index >= 15 is 0 Å². The zero-order valence-electron chi connectivity index (χ0n) is 8.73. The lowest BCUT2D eigenvalue weighted by molar-refractivity contribution is -0.118. The summed E-state index contributed by atoms with van der Waals surface area (Å²) in [6.45, 7) is 3.63. The summed E-state index contributed by atoms with van der Waals surface area (Å²) in [6, 6.07) is 9.93. The van der Waals surface area contributed by atoms with E-state index < -0.39 is 0 Å². The number of benzene rings is 1. The van der Waals surface area contributed by atoms with Crippen molar-refractivity contribution in [1.82, 2.24) is 0 Å². The first-order valence-corrected chi connectivity index (χ1v) is 4.92. The standard InChI is InChI=1S/C13H16O/c1-3-4-10-13(11(2)14)12-8-6-5-7-9-12/h3-9,13H,10H2,1-2H3. The Balaban J connectivity index is 2.83. The van der Waals surface area contributed by atoms with E-state index in [-0.39, 0.29) is 11.7 Å². The van der Waals surface area contributed by atoms with Gasteiger partial charge in [-0.3, -0.25) is 4.79 Å². The fourth-order valence-corrected chi connectivity index (χ4v) is 1.49. The van der Waals surface area contributed by atoms with E-state index in [0.29, 0.717) is 0 Å². The summed E-state index contributed by atoms with van der Waals surface area (Å²) < 4.78 is 0. The van der Waals surface area contributed by atoms with Gasteiger partial charge in [-0.15, -0.1) is 0 Å². The lowest BCUT2D eigenvalue weighted by Crippen LogP contribution is -2.07. The summed E-state index contributed by atoms with van der Waals surface area (Å²) in [6.07, 6.45) is 4.83. The Bertz CT molecular complexity index is 311. The van der Waals surface area contributed by atoms with Gasteiger partial charge >= 0.3 is 0 Å². The van der Waals surface area contributed by atoms with Crippen LogP contribution in [0.2, 0.25) is 0 Å². The maximum Gasteiger partial charge on any atom is 0.137 e. The summed E-state index contributed by atoms with van der Waals surface area (Å²) in [4.78, 5) is 11.4. The van der Waals surface area contributed by atoms with Crippen molar-refractivity contribution >= 4 is 5.78 Å². The third kappa shape index (κ3) is 2.84. The Morgan fingerprint density at radius 2 is 2.00 bits per heavy atom. The molecule has 1 aromatic carbocycles. The van der Waals surface area contributed by atoms with Crippen molar-refractivity contribution in [2.75, 3.05) is 0 Å². The van der Waals surface area contributed by atoms with Gasteiger partial charge in [0.15, 0.2) is 0 Å². The van der Waals surface area contributed by atoms with Crippen LogP contribution >= 0.6 is 0 Å². The van der Waals surface area contributed by atoms with Crippen LogP contribution in [0.3, 0.4) is 0 Å². The molecule has 1 rings (SSSR count). The SMILES string of the molecule is CC=CCC(C(C)=O)c1ccccc1. The first-order valence-electron chi connectivity index (χ1n) is 4.92. The summed E-state index contributed by atoms with van der Waals surface area (Å²) in [5.41, 5.74) is 1.11. The third-order valence-electron chi connectivity index (χ3n) is 2.30. The van der Waals surface area contributed by atoms with Crippen molar-refractivity contribution in [3.05, 3.63) is 48.0 Å². The van der Waals surface area contributed by atoms with Gasteiger partial charge < -0.3 is 0 Å². The average molecular weight is 188 g/mol. The molecule has 74 valence electrons. The molecular weight excluding hydrogens is 172 g/mol. The van der Waals surface area contributed by atoms with E-state index in [0.717, 1.165) is 12.0 Å². The molecule has 1 unspecified atom stereocenters. The maximum absolute atomic E-state index is 11.4. The highest BCUT2D eigenvalue weighted by Crippen LogP contribution is 2.20. The van der Waals surface area contributed by atoms with E-state index in [4.69, 9.17) is 0 Å². The van der Waals surface area contributed by atoms with Gasteiger partial charge in [0.2, 0.25) is 0 Å². The smallest absolute Gasteiger partial charge is 0.137 e. The zero-order chi connectivity index (χ0) is 10.4. The maximum atomic E-state index is 11.4. The molecule has 0 saturated heterocycles. The van der Waals surface area contributed by atoms with Crippen LogP contribution in [0.1, 0.15) is 31.7 Å². The van der Waals surface area contributed by atoms with Gasteiger partial charge in [-0.2, -0.15) is 0 Å². The molecule has 0 bridgehead atoms. The number of hydrogen-bond acceptors (Lipinski definition) is 1. The lowest BCUT2D eigenvalue weighted by atomic mass is 9.92. The minimum absolute atomic E-state index is 0.0207.